The maximum Gasteiger partial charge on any atom is 0.0897 e. The first kappa shape index (κ1) is 13.9. The van der Waals surface area contributed by atoms with Crippen molar-refractivity contribution in [1.29, 1.82) is 0 Å². The molecule has 2 atom stereocenters. The molecule has 0 aromatic heterocycles. The van der Waals surface area contributed by atoms with Crippen LogP contribution in [0.5, 0.6) is 0 Å². The molecular weight excluding hydrogens is 206 g/mol. The van der Waals surface area contributed by atoms with E-state index in [0.29, 0.717) is 19.3 Å². The summed E-state index contributed by atoms with van der Waals surface area (Å²) in [5.74, 6) is 0. The fourth-order valence-electron chi connectivity index (χ4n) is 1.99. The molecule has 4 nitrogen and oxygen atoms in total. The summed E-state index contributed by atoms with van der Waals surface area (Å²) in [4.78, 5) is 0. The van der Waals surface area contributed by atoms with Gasteiger partial charge < -0.3 is 20.3 Å². The first-order valence-electron chi connectivity index (χ1n) is 6.36. The van der Waals surface area contributed by atoms with E-state index >= 15 is 0 Å². The Bertz CT molecular complexity index is 172. The predicted octanol–water partition coefficient (Wildman–Crippen LogP) is 0.667. The molecule has 0 bridgehead atoms. The highest BCUT2D eigenvalue weighted by Crippen LogP contribution is 2.20. The average Bonchev–Trinajstić information content (AvgIpc) is 2.77. The van der Waals surface area contributed by atoms with Crippen LogP contribution in [0.4, 0.5) is 0 Å². The second-order valence-electron chi connectivity index (χ2n) is 4.72. The lowest BCUT2D eigenvalue weighted by molar-refractivity contribution is -0.00626. The van der Waals surface area contributed by atoms with E-state index in [2.05, 4.69) is 5.32 Å². The lowest BCUT2D eigenvalue weighted by Crippen LogP contribution is -2.37. The fraction of sp³-hybridized carbons (Fsp3) is 1.00. The van der Waals surface area contributed by atoms with Crippen molar-refractivity contribution >= 4 is 0 Å². The highest BCUT2D eigenvalue weighted by Gasteiger charge is 2.16. The maximum absolute atomic E-state index is 9.68. The molecule has 2 unspecified atom stereocenters. The van der Waals surface area contributed by atoms with Gasteiger partial charge in [-0.3, -0.25) is 0 Å². The van der Waals surface area contributed by atoms with Gasteiger partial charge in [-0.05, 0) is 26.2 Å². The van der Waals surface area contributed by atoms with Crippen LogP contribution in [0, 0.1) is 0 Å². The maximum atomic E-state index is 9.68. The summed E-state index contributed by atoms with van der Waals surface area (Å²) in [5.41, 5.74) is 0. The van der Waals surface area contributed by atoms with Gasteiger partial charge in [0.25, 0.3) is 0 Å². The second-order valence-corrected chi connectivity index (χ2v) is 4.72. The van der Waals surface area contributed by atoms with Crippen molar-refractivity contribution in [3.63, 3.8) is 0 Å². The van der Waals surface area contributed by atoms with Gasteiger partial charge >= 0.3 is 0 Å². The predicted molar refractivity (Wildman–Crippen MR) is 63.4 cm³/mol. The monoisotopic (exact) mass is 231 g/mol. The van der Waals surface area contributed by atoms with E-state index in [-0.39, 0.29) is 12.6 Å². The average molecular weight is 231 g/mol. The Morgan fingerprint density at radius 2 is 2.06 bits per heavy atom. The van der Waals surface area contributed by atoms with Gasteiger partial charge in [-0.1, -0.05) is 12.8 Å². The van der Waals surface area contributed by atoms with E-state index in [1.807, 2.05) is 6.92 Å². The van der Waals surface area contributed by atoms with Gasteiger partial charge in [0.2, 0.25) is 0 Å². The van der Waals surface area contributed by atoms with Crippen LogP contribution in [0.3, 0.4) is 0 Å². The zero-order valence-corrected chi connectivity index (χ0v) is 10.2. The smallest absolute Gasteiger partial charge is 0.0897 e. The van der Waals surface area contributed by atoms with Crippen molar-refractivity contribution in [3.8, 4) is 0 Å². The van der Waals surface area contributed by atoms with Crippen molar-refractivity contribution in [3.05, 3.63) is 0 Å². The van der Waals surface area contributed by atoms with E-state index in [9.17, 15) is 5.11 Å². The number of hydrogen-bond donors (Lipinski definition) is 3. The van der Waals surface area contributed by atoms with Crippen LogP contribution < -0.4 is 5.32 Å². The third-order valence-electron chi connectivity index (χ3n) is 3.09. The van der Waals surface area contributed by atoms with Crippen molar-refractivity contribution in [2.75, 3.05) is 19.8 Å². The minimum atomic E-state index is -0.443. The summed E-state index contributed by atoms with van der Waals surface area (Å²) in [7, 11) is 0. The Morgan fingerprint density at radius 3 is 2.69 bits per heavy atom. The van der Waals surface area contributed by atoms with Gasteiger partial charge in [0.15, 0.2) is 0 Å². The molecule has 0 amide bonds. The lowest BCUT2D eigenvalue weighted by Gasteiger charge is -2.18. The number of aliphatic hydroxyl groups excluding tert-OH is 2. The quantitative estimate of drug-likeness (QED) is 0.574. The van der Waals surface area contributed by atoms with Gasteiger partial charge in [0.1, 0.15) is 0 Å². The molecule has 0 aliphatic heterocycles. The van der Waals surface area contributed by atoms with Crippen molar-refractivity contribution in [1.82, 2.24) is 5.32 Å². The molecule has 96 valence electrons. The van der Waals surface area contributed by atoms with Gasteiger partial charge in [-0.2, -0.15) is 0 Å². The molecule has 1 aliphatic carbocycles. The molecule has 0 spiro atoms. The molecule has 4 heteroatoms. The number of aliphatic hydroxyl groups is 2. The van der Waals surface area contributed by atoms with Gasteiger partial charge in [-0.15, -0.1) is 0 Å². The van der Waals surface area contributed by atoms with E-state index in [1.165, 1.54) is 12.8 Å². The number of rotatable bonds is 8. The third kappa shape index (κ3) is 5.80. The van der Waals surface area contributed by atoms with Crippen LogP contribution in [0.25, 0.3) is 0 Å². The minimum Gasteiger partial charge on any atom is -0.396 e. The van der Waals surface area contributed by atoms with E-state index in [4.69, 9.17) is 9.84 Å². The van der Waals surface area contributed by atoms with Crippen molar-refractivity contribution in [2.45, 2.75) is 57.3 Å². The molecule has 1 fully saturated rings. The van der Waals surface area contributed by atoms with Crippen molar-refractivity contribution in [2.24, 2.45) is 0 Å². The molecule has 1 rings (SSSR count). The summed E-state index contributed by atoms with van der Waals surface area (Å²) in [5, 5.41) is 21.6. The fourth-order valence-corrected chi connectivity index (χ4v) is 1.99. The Kier molecular flexibility index (Phi) is 6.96. The Balaban J connectivity index is 1.99. The molecule has 1 saturated carbocycles. The SMILES string of the molecule is CC(CCO)NCC(O)COC1CCCC1. The first-order valence-corrected chi connectivity index (χ1v) is 6.36. The number of hydrogen-bond acceptors (Lipinski definition) is 4. The molecule has 0 aromatic rings. The van der Waals surface area contributed by atoms with Crippen LogP contribution in [0.1, 0.15) is 39.0 Å². The van der Waals surface area contributed by atoms with E-state index in [0.717, 1.165) is 19.3 Å². The molecule has 1 aliphatic rings. The second kappa shape index (κ2) is 8.01. The Labute approximate surface area is 98.0 Å². The molecular formula is C12H25NO3. The van der Waals surface area contributed by atoms with E-state index < -0.39 is 6.10 Å². The zero-order chi connectivity index (χ0) is 11.8. The lowest BCUT2D eigenvalue weighted by atomic mass is 10.2. The minimum absolute atomic E-state index is 0.183. The van der Waals surface area contributed by atoms with Crippen LogP contribution in [-0.2, 0) is 4.74 Å². The van der Waals surface area contributed by atoms with Crippen LogP contribution in [-0.4, -0.2) is 48.2 Å². The number of ether oxygens (including phenoxy) is 1. The third-order valence-corrected chi connectivity index (χ3v) is 3.09. The molecule has 0 saturated heterocycles. The van der Waals surface area contributed by atoms with Gasteiger partial charge in [-0.25, -0.2) is 0 Å². The molecule has 0 heterocycles. The van der Waals surface area contributed by atoms with Crippen LogP contribution >= 0.6 is 0 Å². The summed E-state index contributed by atoms with van der Waals surface area (Å²) in [6, 6.07) is 0.242. The van der Waals surface area contributed by atoms with Crippen molar-refractivity contribution < 1.29 is 14.9 Å². The highest BCUT2D eigenvalue weighted by molar-refractivity contribution is 4.69. The van der Waals surface area contributed by atoms with Crippen LogP contribution in [0.2, 0.25) is 0 Å². The highest BCUT2D eigenvalue weighted by atomic mass is 16.5. The molecule has 3 N–H and O–H groups in total. The standard InChI is InChI=1S/C12H25NO3/c1-10(6-7-14)13-8-11(15)9-16-12-4-2-3-5-12/h10-15H,2-9H2,1H3. The summed E-state index contributed by atoms with van der Waals surface area (Å²) in [6.45, 7) is 3.14. The van der Waals surface area contributed by atoms with Gasteiger partial charge in [0.05, 0.1) is 18.8 Å². The summed E-state index contributed by atoms with van der Waals surface area (Å²) in [6.07, 6.45) is 5.43. The van der Waals surface area contributed by atoms with Gasteiger partial charge in [0, 0.05) is 19.2 Å². The molecule has 0 radical (unpaired) electrons. The summed E-state index contributed by atoms with van der Waals surface area (Å²) >= 11 is 0. The Morgan fingerprint density at radius 1 is 1.38 bits per heavy atom. The Hall–Kier alpha value is -0.160. The zero-order valence-electron chi connectivity index (χ0n) is 10.2. The first-order chi connectivity index (χ1) is 7.72. The number of nitrogens with one attached hydrogen (secondary N) is 1. The van der Waals surface area contributed by atoms with Crippen LogP contribution in [0.15, 0.2) is 0 Å². The summed E-state index contributed by atoms with van der Waals surface area (Å²) < 4.78 is 5.62. The van der Waals surface area contributed by atoms with E-state index in [1.54, 1.807) is 0 Å². The normalized spacial score (nSPS) is 21.2. The molecule has 0 aromatic carbocycles. The molecule has 16 heavy (non-hydrogen) atoms. The topological polar surface area (TPSA) is 61.7 Å². The largest absolute Gasteiger partial charge is 0.396 e.